The zero-order chi connectivity index (χ0) is 9.71. The summed E-state index contributed by atoms with van der Waals surface area (Å²) in [6.45, 7) is -2.04. The van der Waals surface area contributed by atoms with E-state index < -0.39 is 19.0 Å². The molecule has 70 valence electrons. The quantitative estimate of drug-likeness (QED) is 0.510. The van der Waals surface area contributed by atoms with Crippen LogP contribution in [0.15, 0.2) is 0 Å². The second-order valence-corrected chi connectivity index (χ2v) is 1.53. The van der Waals surface area contributed by atoms with Gasteiger partial charge in [-0.1, -0.05) is 0 Å². The van der Waals surface area contributed by atoms with Gasteiger partial charge in [0.25, 0.3) is 0 Å². The average Bonchev–Trinajstić information content (AvgIpc) is 1.59. The summed E-state index contributed by atoms with van der Waals surface area (Å²) in [6, 6.07) is 0. The lowest BCUT2D eigenvalue weighted by atomic mass is 10.8. The fourth-order valence-electron chi connectivity index (χ4n) is 0. The number of alkyl halides is 7. The first kappa shape index (κ1) is 13.1. The van der Waals surface area contributed by atoms with Gasteiger partial charge in [0.05, 0.1) is 0 Å². The number of hydrogen-bond acceptors (Lipinski definition) is 0. The molecule has 11 heavy (non-hydrogen) atoms. The lowest BCUT2D eigenvalue weighted by Crippen LogP contribution is -2.08. The topological polar surface area (TPSA) is 0 Å². The number of hydrogen-bond donors (Lipinski definition) is 0. The van der Waals surface area contributed by atoms with E-state index >= 15 is 0 Å². The molecule has 0 spiro atoms. The lowest BCUT2D eigenvalue weighted by Gasteiger charge is -1.93. The first-order chi connectivity index (χ1) is 4.56. The maximum atomic E-state index is 10.4. The van der Waals surface area contributed by atoms with Crippen LogP contribution in [0.3, 0.4) is 0 Å². The van der Waals surface area contributed by atoms with Crippen molar-refractivity contribution in [1.29, 1.82) is 0 Å². The van der Waals surface area contributed by atoms with Gasteiger partial charge in [-0.25, -0.2) is 4.39 Å². The highest BCUT2D eigenvalue weighted by Crippen LogP contribution is 2.13. The molecule has 0 aromatic carbocycles. The third-order valence-corrected chi connectivity index (χ3v) is 0.152. The molecule has 0 saturated heterocycles. The minimum atomic E-state index is -4.62. The summed E-state index contributed by atoms with van der Waals surface area (Å²) < 4.78 is 72.7. The van der Waals surface area contributed by atoms with Crippen LogP contribution < -0.4 is 0 Å². The maximum Gasteiger partial charge on any atom is 0.416 e. The van der Waals surface area contributed by atoms with Crippen molar-refractivity contribution in [2.75, 3.05) is 6.67 Å². The van der Waals surface area contributed by atoms with E-state index in [9.17, 15) is 30.7 Å². The molecule has 0 amide bonds. The highest BCUT2D eigenvalue weighted by molar-refractivity contribution is 4.39. The van der Waals surface area contributed by atoms with Gasteiger partial charge < -0.3 is 0 Å². The average molecular weight is 186 g/mol. The van der Waals surface area contributed by atoms with Gasteiger partial charge in [0.15, 0.2) is 6.67 Å². The van der Waals surface area contributed by atoms with E-state index in [0.717, 1.165) is 0 Å². The fraction of sp³-hybridized carbons (Fsp3) is 1.00. The van der Waals surface area contributed by atoms with Crippen molar-refractivity contribution in [3.63, 3.8) is 0 Å². The Morgan fingerprint density at radius 1 is 0.909 bits per heavy atom. The van der Waals surface area contributed by atoms with E-state index in [2.05, 4.69) is 0 Å². The smallest absolute Gasteiger partial charge is 0.241 e. The first-order valence-corrected chi connectivity index (χ1v) is 2.25. The summed E-state index contributed by atoms with van der Waals surface area (Å²) in [7, 11) is 0. The van der Waals surface area contributed by atoms with Crippen LogP contribution in [-0.2, 0) is 0 Å². The Morgan fingerprint density at radius 2 is 1.00 bits per heavy atom. The molecule has 0 unspecified atom stereocenters. The molecule has 7 heteroatoms. The molecule has 0 aromatic heterocycles. The van der Waals surface area contributed by atoms with Gasteiger partial charge in [-0.05, 0) is 0 Å². The predicted molar refractivity (Wildman–Crippen MR) is 23.8 cm³/mol. The van der Waals surface area contributed by atoms with Crippen LogP contribution >= 0.6 is 0 Å². The minimum Gasteiger partial charge on any atom is -0.241 e. The van der Waals surface area contributed by atoms with Crippen molar-refractivity contribution < 1.29 is 30.7 Å². The van der Waals surface area contributed by atoms with Crippen LogP contribution in [0, 0.1) is 0 Å². The first-order valence-electron chi connectivity index (χ1n) is 2.25. The third kappa shape index (κ3) is 85.1. The van der Waals surface area contributed by atoms with Crippen molar-refractivity contribution in [3.05, 3.63) is 0 Å². The Labute approximate surface area is 58.0 Å². The molecular weight excluding hydrogens is 181 g/mol. The maximum absolute atomic E-state index is 10.4. The lowest BCUT2D eigenvalue weighted by molar-refractivity contribution is -0.142. The van der Waals surface area contributed by atoms with Crippen molar-refractivity contribution in [2.24, 2.45) is 0 Å². The van der Waals surface area contributed by atoms with Gasteiger partial charge in [-0.3, -0.25) is 0 Å². The Kier molecular flexibility index (Phi) is 5.25. The molecule has 0 aliphatic heterocycles. The van der Waals surface area contributed by atoms with Crippen molar-refractivity contribution in [2.45, 2.75) is 19.3 Å². The van der Waals surface area contributed by atoms with E-state index in [1.807, 2.05) is 0 Å². The number of halogens is 7. The molecule has 0 nitrogen and oxygen atoms in total. The molecule has 0 rings (SSSR count). The molecule has 0 aromatic rings. The van der Waals surface area contributed by atoms with E-state index in [1.54, 1.807) is 0 Å². The number of rotatable bonds is 0. The molecule has 0 aliphatic carbocycles. The fourth-order valence-corrected chi connectivity index (χ4v) is 0. The largest absolute Gasteiger partial charge is 0.416 e. The standard InChI is InChI=1S/C2H2F4.C2H3F3/c3-1-2(4,5)6;1-2(3,4)5/h1H2;1H3. The van der Waals surface area contributed by atoms with E-state index in [1.165, 1.54) is 0 Å². The molecule has 0 heterocycles. The summed E-state index contributed by atoms with van der Waals surface area (Å²) in [5, 5.41) is 0. The van der Waals surface area contributed by atoms with Gasteiger partial charge in [-0.2, -0.15) is 26.3 Å². The highest BCUT2D eigenvalue weighted by Gasteiger charge is 2.26. The van der Waals surface area contributed by atoms with Crippen LogP contribution in [0.4, 0.5) is 30.7 Å². The molecule has 0 bridgehead atoms. The Balaban J connectivity index is 0. The second kappa shape index (κ2) is 4.40. The summed E-state index contributed by atoms with van der Waals surface area (Å²) >= 11 is 0. The van der Waals surface area contributed by atoms with Crippen LogP contribution in [0.1, 0.15) is 6.92 Å². The third-order valence-electron chi connectivity index (χ3n) is 0.152. The van der Waals surface area contributed by atoms with Crippen LogP contribution in [0.2, 0.25) is 0 Å². The monoisotopic (exact) mass is 186 g/mol. The molecular formula is C4H5F7. The predicted octanol–water partition coefficient (Wildman–Crippen LogP) is 3.09. The molecule has 0 saturated carbocycles. The summed E-state index contributed by atoms with van der Waals surface area (Å²) in [5.74, 6) is 0. The van der Waals surface area contributed by atoms with E-state index in [4.69, 9.17) is 0 Å². The van der Waals surface area contributed by atoms with E-state index in [0.29, 0.717) is 0 Å². The van der Waals surface area contributed by atoms with Gasteiger partial charge in [-0.15, -0.1) is 0 Å². The van der Waals surface area contributed by atoms with Crippen molar-refractivity contribution >= 4 is 0 Å². The van der Waals surface area contributed by atoms with Crippen LogP contribution in [0.5, 0.6) is 0 Å². The summed E-state index contributed by atoms with van der Waals surface area (Å²) in [6.07, 6.45) is -8.62. The Hall–Kier alpha value is -0.490. The second-order valence-electron chi connectivity index (χ2n) is 1.53. The van der Waals surface area contributed by atoms with Gasteiger partial charge >= 0.3 is 12.4 Å². The van der Waals surface area contributed by atoms with Gasteiger partial charge in [0, 0.05) is 6.92 Å². The molecule has 0 aliphatic rings. The van der Waals surface area contributed by atoms with Gasteiger partial charge in [0.2, 0.25) is 0 Å². The van der Waals surface area contributed by atoms with E-state index in [-0.39, 0.29) is 6.92 Å². The minimum absolute atomic E-state index is 0.188. The van der Waals surface area contributed by atoms with Crippen LogP contribution in [0.25, 0.3) is 0 Å². The molecule has 0 N–H and O–H groups in total. The summed E-state index contributed by atoms with van der Waals surface area (Å²) in [4.78, 5) is 0. The SMILES string of the molecule is CC(F)(F)F.FCC(F)(F)F. The normalized spacial score (nSPS) is 12.0. The highest BCUT2D eigenvalue weighted by atomic mass is 19.4. The molecule has 0 radical (unpaired) electrons. The molecule has 0 atom stereocenters. The van der Waals surface area contributed by atoms with Gasteiger partial charge in [0.1, 0.15) is 0 Å². The zero-order valence-electron chi connectivity index (χ0n) is 5.35. The Bertz CT molecular complexity index is 81.6. The summed E-state index contributed by atoms with van der Waals surface area (Å²) in [5.41, 5.74) is 0. The van der Waals surface area contributed by atoms with Crippen molar-refractivity contribution in [3.8, 4) is 0 Å². The van der Waals surface area contributed by atoms with Crippen molar-refractivity contribution in [1.82, 2.24) is 0 Å². The Morgan fingerprint density at radius 3 is 1.00 bits per heavy atom. The molecule has 0 fully saturated rings. The zero-order valence-corrected chi connectivity index (χ0v) is 5.35. The van der Waals surface area contributed by atoms with Crippen LogP contribution in [-0.4, -0.2) is 19.0 Å².